The Kier molecular flexibility index (Phi) is 8.18. The van der Waals surface area contributed by atoms with Crippen molar-refractivity contribution in [2.75, 3.05) is 7.11 Å². The molecule has 5 rings (SSSR count). The van der Waals surface area contributed by atoms with E-state index in [0.717, 1.165) is 23.1 Å². The first-order valence-electron chi connectivity index (χ1n) is 13.9. The number of ether oxygens (including phenoxy) is 2. The van der Waals surface area contributed by atoms with Gasteiger partial charge in [0.2, 0.25) is 0 Å². The van der Waals surface area contributed by atoms with E-state index in [1.54, 1.807) is 6.07 Å². The van der Waals surface area contributed by atoms with Crippen LogP contribution in [0.25, 0.3) is 11.1 Å². The van der Waals surface area contributed by atoms with Crippen LogP contribution in [-0.4, -0.2) is 39.7 Å². The molecule has 1 saturated carbocycles. The number of methoxy groups -OCH3 is 1. The summed E-state index contributed by atoms with van der Waals surface area (Å²) in [6.45, 7) is -0.148. The van der Waals surface area contributed by atoms with E-state index in [1.165, 1.54) is 19.2 Å². The van der Waals surface area contributed by atoms with E-state index in [1.807, 2.05) is 0 Å². The number of carboxylic acids is 1. The van der Waals surface area contributed by atoms with Crippen LogP contribution < -0.4 is 4.74 Å². The lowest BCUT2D eigenvalue weighted by atomic mass is 9.93. The van der Waals surface area contributed by atoms with Crippen LogP contribution in [0.5, 0.6) is 5.75 Å². The molecule has 7 nitrogen and oxygen atoms in total. The fraction of sp³-hybridized carbons (Fsp3) is 0.387. The zero-order chi connectivity index (χ0) is 33.8. The van der Waals surface area contributed by atoms with Gasteiger partial charge in [-0.05, 0) is 66.8 Å². The van der Waals surface area contributed by atoms with Crippen molar-refractivity contribution in [3.05, 3.63) is 82.2 Å². The van der Waals surface area contributed by atoms with Crippen molar-refractivity contribution in [2.45, 2.75) is 69.1 Å². The SMILES string of the molecule is COc1ccc(CCC(=O)O)cc1-c1ccc(C(F)(F)F)nc1CN1C(=O)O[C@H](c2cc(C(C)(F)F)cc(C(F)(F)F)c2)C12CC2. The standard InChI is InChI=1S/C31H26F8N2O5/c1-28(32,33)18-12-17(13-19(14-18)30(34,35)36)26-29(9-10-29)41(27(44)46-26)15-22-20(5-7-24(40-22)31(37,38)39)21-11-16(4-8-25(42)43)3-6-23(21)45-2/h3,5-7,11-14,26H,4,8-10,15H2,1-2H3,(H,42,43)/t26-/m1/s1. The summed E-state index contributed by atoms with van der Waals surface area (Å²) in [7, 11) is 1.32. The number of aliphatic carboxylic acids is 1. The fourth-order valence-electron chi connectivity index (χ4n) is 5.63. The van der Waals surface area contributed by atoms with Gasteiger partial charge in [-0.1, -0.05) is 12.1 Å². The summed E-state index contributed by atoms with van der Waals surface area (Å²) >= 11 is 0. The Hall–Kier alpha value is -4.43. The minimum atomic E-state index is -5.00. The highest BCUT2D eigenvalue weighted by atomic mass is 19.4. The molecule has 1 aliphatic heterocycles. The van der Waals surface area contributed by atoms with Gasteiger partial charge >= 0.3 is 24.4 Å². The van der Waals surface area contributed by atoms with E-state index < -0.39 is 65.3 Å². The predicted molar refractivity (Wildman–Crippen MR) is 145 cm³/mol. The first-order chi connectivity index (χ1) is 21.3. The molecule has 15 heteroatoms. The molecule has 1 aliphatic carbocycles. The quantitative estimate of drug-likeness (QED) is 0.234. The van der Waals surface area contributed by atoms with Crippen LogP contribution in [0.1, 0.15) is 65.9 Å². The van der Waals surface area contributed by atoms with Gasteiger partial charge in [0.25, 0.3) is 5.92 Å². The zero-order valence-electron chi connectivity index (χ0n) is 24.2. The van der Waals surface area contributed by atoms with Gasteiger partial charge in [0.15, 0.2) is 6.10 Å². The summed E-state index contributed by atoms with van der Waals surface area (Å²) in [4.78, 5) is 29.2. The minimum absolute atomic E-state index is 0.0920. The number of rotatable bonds is 9. The second kappa shape index (κ2) is 11.4. The fourth-order valence-corrected chi connectivity index (χ4v) is 5.63. The van der Waals surface area contributed by atoms with Crippen LogP contribution in [0.15, 0.2) is 48.5 Å². The van der Waals surface area contributed by atoms with E-state index in [9.17, 15) is 44.7 Å². The second-order valence-electron chi connectivity index (χ2n) is 11.3. The Balaban J connectivity index is 1.58. The maximum Gasteiger partial charge on any atom is 0.433 e. The minimum Gasteiger partial charge on any atom is -0.496 e. The number of carbonyl (C=O) groups excluding carboxylic acids is 1. The zero-order valence-corrected chi connectivity index (χ0v) is 24.2. The van der Waals surface area contributed by atoms with E-state index >= 15 is 0 Å². The molecular formula is C31H26F8N2O5. The van der Waals surface area contributed by atoms with Gasteiger partial charge in [-0.2, -0.15) is 26.3 Å². The molecule has 46 heavy (non-hydrogen) atoms. The highest BCUT2D eigenvalue weighted by Gasteiger charge is 2.63. The Bertz CT molecular complexity index is 1650. The number of nitrogens with zero attached hydrogens (tertiary/aromatic N) is 2. The number of cyclic esters (lactones) is 1. The maximum absolute atomic E-state index is 14.2. The van der Waals surface area contributed by atoms with Gasteiger partial charge in [0, 0.05) is 30.0 Å². The molecule has 246 valence electrons. The molecule has 1 atom stereocenters. The van der Waals surface area contributed by atoms with Gasteiger partial charge in [-0.25, -0.2) is 18.6 Å². The lowest BCUT2D eigenvalue weighted by molar-refractivity contribution is -0.141. The van der Waals surface area contributed by atoms with Crippen molar-refractivity contribution >= 4 is 12.1 Å². The third-order valence-electron chi connectivity index (χ3n) is 8.07. The summed E-state index contributed by atoms with van der Waals surface area (Å²) < 4.78 is 122. The third kappa shape index (κ3) is 6.44. The van der Waals surface area contributed by atoms with Crippen LogP contribution >= 0.6 is 0 Å². The largest absolute Gasteiger partial charge is 0.496 e. The number of pyridine rings is 1. The van der Waals surface area contributed by atoms with Crippen LogP contribution in [0.3, 0.4) is 0 Å². The molecule has 0 radical (unpaired) electrons. The van der Waals surface area contributed by atoms with Gasteiger partial charge in [-0.15, -0.1) is 0 Å². The van der Waals surface area contributed by atoms with Crippen molar-refractivity contribution in [3.63, 3.8) is 0 Å². The number of hydrogen-bond donors (Lipinski definition) is 1. The summed E-state index contributed by atoms with van der Waals surface area (Å²) in [6, 6.07) is 8.26. The third-order valence-corrected chi connectivity index (χ3v) is 8.07. The normalized spacial score (nSPS) is 17.7. The smallest absolute Gasteiger partial charge is 0.433 e. The van der Waals surface area contributed by atoms with Crippen molar-refractivity contribution in [2.24, 2.45) is 0 Å². The number of aromatic nitrogens is 1. The predicted octanol–water partition coefficient (Wildman–Crippen LogP) is 8.15. The number of aryl methyl sites for hydroxylation is 1. The summed E-state index contributed by atoms with van der Waals surface area (Å²) in [5, 5.41) is 9.08. The summed E-state index contributed by atoms with van der Waals surface area (Å²) in [6.07, 6.45) is -12.2. The van der Waals surface area contributed by atoms with E-state index in [4.69, 9.17) is 14.6 Å². The van der Waals surface area contributed by atoms with Crippen LogP contribution in [0.4, 0.5) is 39.9 Å². The van der Waals surface area contributed by atoms with Crippen LogP contribution in [-0.2, 0) is 40.8 Å². The monoisotopic (exact) mass is 658 g/mol. The van der Waals surface area contributed by atoms with Crippen molar-refractivity contribution in [1.29, 1.82) is 0 Å². The Morgan fingerprint density at radius 3 is 2.22 bits per heavy atom. The number of hydrogen-bond acceptors (Lipinski definition) is 5. The number of benzene rings is 2. The Morgan fingerprint density at radius 1 is 0.978 bits per heavy atom. The molecule has 2 aliphatic rings. The van der Waals surface area contributed by atoms with Gasteiger partial charge in [0.05, 0.1) is 30.5 Å². The molecule has 0 bridgehead atoms. The molecule has 2 heterocycles. The Labute approximate surface area is 256 Å². The molecule has 0 unspecified atom stereocenters. The number of carboxylic acid groups (broad SMARTS) is 1. The number of alkyl halides is 8. The Morgan fingerprint density at radius 2 is 1.65 bits per heavy atom. The van der Waals surface area contributed by atoms with Crippen molar-refractivity contribution < 1.29 is 59.3 Å². The lowest BCUT2D eigenvalue weighted by Gasteiger charge is -2.26. The first kappa shape index (κ1) is 32.9. The maximum atomic E-state index is 14.2. The van der Waals surface area contributed by atoms with Gasteiger partial charge in [-0.3, -0.25) is 9.69 Å². The lowest BCUT2D eigenvalue weighted by Crippen LogP contribution is -2.36. The summed E-state index contributed by atoms with van der Waals surface area (Å²) in [5.74, 6) is -4.52. The van der Waals surface area contributed by atoms with Gasteiger partial charge < -0.3 is 14.6 Å². The molecular weight excluding hydrogens is 632 g/mol. The van der Waals surface area contributed by atoms with Gasteiger partial charge in [0.1, 0.15) is 11.4 Å². The summed E-state index contributed by atoms with van der Waals surface area (Å²) in [5.41, 5.74) is -4.62. The number of carbonyl (C=O) groups is 2. The topological polar surface area (TPSA) is 89.0 Å². The van der Waals surface area contributed by atoms with Crippen LogP contribution in [0.2, 0.25) is 0 Å². The number of amides is 1. The molecule has 3 aromatic rings. The molecule has 1 N–H and O–H groups in total. The molecule has 1 aromatic heterocycles. The molecule has 2 aromatic carbocycles. The molecule has 1 amide bonds. The first-order valence-corrected chi connectivity index (χ1v) is 13.9. The van der Waals surface area contributed by atoms with Crippen molar-refractivity contribution in [1.82, 2.24) is 9.88 Å². The van der Waals surface area contributed by atoms with Crippen molar-refractivity contribution in [3.8, 4) is 16.9 Å². The van der Waals surface area contributed by atoms with E-state index in [-0.39, 0.29) is 53.8 Å². The highest BCUT2D eigenvalue weighted by molar-refractivity contribution is 5.76. The van der Waals surface area contributed by atoms with E-state index in [2.05, 4.69) is 4.98 Å². The number of halogens is 8. The molecule has 2 fully saturated rings. The highest BCUT2D eigenvalue weighted by Crippen LogP contribution is 2.58. The average molecular weight is 659 g/mol. The average Bonchev–Trinajstić information content (AvgIpc) is 3.71. The van der Waals surface area contributed by atoms with E-state index in [0.29, 0.717) is 24.6 Å². The second-order valence-corrected chi connectivity index (χ2v) is 11.3. The molecule has 1 spiro atoms. The van der Waals surface area contributed by atoms with Crippen LogP contribution in [0, 0.1) is 0 Å². The molecule has 1 saturated heterocycles.